The maximum absolute atomic E-state index is 12.2. The van der Waals surface area contributed by atoms with Gasteiger partial charge in [0.15, 0.2) is 6.61 Å². The first-order valence-electron chi connectivity index (χ1n) is 8.13. The van der Waals surface area contributed by atoms with Crippen LogP contribution in [0.4, 0.5) is 5.69 Å². The van der Waals surface area contributed by atoms with Crippen molar-refractivity contribution in [1.82, 2.24) is 0 Å². The number of ether oxygens (including phenoxy) is 1. The molecule has 1 aliphatic rings. The Hall–Kier alpha value is -2.47. The van der Waals surface area contributed by atoms with E-state index in [-0.39, 0.29) is 18.3 Å². The average Bonchev–Trinajstić information content (AvgIpc) is 3.17. The fourth-order valence-corrected chi connectivity index (χ4v) is 3.84. The number of nitrogens with zero attached hydrogens (tertiary/aromatic N) is 1. The van der Waals surface area contributed by atoms with Crippen LogP contribution >= 0.6 is 11.3 Å². The van der Waals surface area contributed by atoms with Gasteiger partial charge in [0.1, 0.15) is 0 Å². The number of hydrogen-bond acceptors (Lipinski definition) is 5. The predicted octanol–water partition coefficient (Wildman–Crippen LogP) is 3.53. The lowest BCUT2D eigenvalue weighted by atomic mass is 10.1. The van der Waals surface area contributed by atoms with Crippen molar-refractivity contribution in [2.24, 2.45) is 0 Å². The van der Waals surface area contributed by atoms with E-state index in [1.165, 1.54) is 0 Å². The third-order valence-corrected chi connectivity index (χ3v) is 5.13. The quantitative estimate of drug-likeness (QED) is 0.607. The summed E-state index contributed by atoms with van der Waals surface area (Å²) in [5.41, 5.74) is 1.75. The summed E-state index contributed by atoms with van der Waals surface area (Å²) in [7, 11) is 0. The van der Waals surface area contributed by atoms with Crippen LogP contribution in [0.3, 0.4) is 0 Å². The number of carbonyl (C=O) groups is 3. The van der Waals surface area contributed by atoms with Gasteiger partial charge in [0.25, 0.3) is 0 Å². The molecule has 0 aliphatic carbocycles. The van der Waals surface area contributed by atoms with Crippen LogP contribution < -0.4 is 4.90 Å². The standard InChI is InChI=1S/C19H19NO4S/c1-12-10-16(13(2)25-12)17(21)11-24-19(23)14-5-7-15(8-6-14)20-9-3-4-18(20)22/h5-8,10H,3-4,9,11H2,1-2H3. The van der Waals surface area contributed by atoms with Gasteiger partial charge in [-0.3, -0.25) is 9.59 Å². The number of thiophene rings is 1. The zero-order chi connectivity index (χ0) is 18.0. The molecule has 2 aromatic rings. The molecule has 130 valence electrons. The first kappa shape index (κ1) is 17.4. The van der Waals surface area contributed by atoms with Gasteiger partial charge < -0.3 is 9.64 Å². The van der Waals surface area contributed by atoms with Gasteiger partial charge in [0.2, 0.25) is 11.7 Å². The highest BCUT2D eigenvalue weighted by atomic mass is 32.1. The number of hydrogen-bond donors (Lipinski definition) is 0. The summed E-state index contributed by atoms with van der Waals surface area (Å²) in [4.78, 5) is 39.7. The van der Waals surface area contributed by atoms with Crippen LogP contribution in [0.1, 0.15) is 43.3 Å². The van der Waals surface area contributed by atoms with Crippen molar-refractivity contribution in [3.05, 3.63) is 51.2 Å². The van der Waals surface area contributed by atoms with Crippen molar-refractivity contribution < 1.29 is 19.1 Å². The Bertz CT molecular complexity index is 822. The van der Waals surface area contributed by atoms with Gasteiger partial charge in [-0.15, -0.1) is 11.3 Å². The third-order valence-electron chi connectivity index (χ3n) is 4.16. The molecule has 5 nitrogen and oxygen atoms in total. The molecule has 0 spiro atoms. The highest BCUT2D eigenvalue weighted by molar-refractivity contribution is 7.12. The molecule has 3 rings (SSSR count). The first-order valence-corrected chi connectivity index (χ1v) is 8.95. The van der Waals surface area contributed by atoms with Gasteiger partial charge in [0, 0.05) is 34.0 Å². The van der Waals surface area contributed by atoms with Crippen molar-refractivity contribution in [2.45, 2.75) is 26.7 Å². The lowest BCUT2D eigenvalue weighted by Crippen LogP contribution is -2.23. The molecule has 1 saturated heterocycles. The molecule has 0 N–H and O–H groups in total. The van der Waals surface area contributed by atoms with Crippen LogP contribution in [0.2, 0.25) is 0 Å². The van der Waals surface area contributed by atoms with Crippen molar-refractivity contribution >= 4 is 34.7 Å². The Labute approximate surface area is 150 Å². The molecule has 1 fully saturated rings. The van der Waals surface area contributed by atoms with E-state index in [2.05, 4.69) is 0 Å². The number of amides is 1. The number of benzene rings is 1. The van der Waals surface area contributed by atoms with E-state index in [1.807, 2.05) is 19.9 Å². The summed E-state index contributed by atoms with van der Waals surface area (Å²) >= 11 is 1.55. The molecule has 0 unspecified atom stereocenters. The van der Waals surface area contributed by atoms with Crippen LogP contribution in [0.5, 0.6) is 0 Å². The van der Waals surface area contributed by atoms with Gasteiger partial charge in [0.05, 0.1) is 5.56 Å². The van der Waals surface area contributed by atoms with Gasteiger partial charge in [-0.2, -0.15) is 0 Å². The lowest BCUT2D eigenvalue weighted by molar-refractivity contribution is -0.117. The topological polar surface area (TPSA) is 63.7 Å². The van der Waals surface area contributed by atoms with Crippen LogP contribution in [-0.2, 0) is 9.53 Å². The molecule has 0 bridgehead atoms. The first-order chi connectivity index (χ1) is 12.0. The highest BCUT2D eigenvalue weighted by Crippen LogP contribution is 2.23. The monoisotopic (exact) mass is 357 g/mol. The summed E-state index contributed by atoms with van der Waals surface area (Å²) in [6.45, 7) is 4.25. The Morgan fingerprint density at radius 1 is 1.20 bits per heavy atom. The molecule has 25 heavy (non-hydrogen) atoms. The molecule has 1 aromatic heterocycles. The third kappa shape index (κ3) is 3.79. The molecule has 6 heteroatoms. The second kappa shape index (κ2) is 7.19. The van der Waals surface area contributed by atoms with Crippen molar-refractivity contribution in [2.75, 3.05) is 18.1 Å². The van der Waals surface area contributed by atoms with Crippen molar-refractivity contribution in [3.8, 4) is 0 Å². The largest absolute Gasteiger partial charge is 0.454 e. The SMILES string of the molecule is Cc1cc(C(=O)COC(=O)c2ccc(N3CCCC3=O)cc2)c(C)s1. The van der Waals surface area contributed by atoms with E-state index in [0.717, 1.165) is 21.9 Å². The van der Waals surface area contributed by atoms with Gasteiger partial charge in [-0.1, -0.05) is 0 Å². The number of aryl methyl sites for hydroxylation is 2. The van der Waals surface area contributed by atoms with E-state index in [4.69, 9.17) is 4.74 Å². The zero-order valence-electron chi connectivity index (χ0n) is 14.2. The van der Waals surface area contributed by atoms with E-state index < -0.39 is 5.97 Å². The number of rotatable bonds is 5. The number of anilines is 1. The average molecular weight is 357 g/mol. The number of esters is 1. The minimum Gasteiger partial charge on any atom is -0.454 e. The predicted molar refractivity (Wildman–Crippen MR) is 96.4 cm³/mol. The second-order valence-corrected chi connectivity index (χ2v) is 7.48. The molecular weight excluding hydrogens is 338 g/mol. The van der Waals surface area contributed by atoms with Crippen LogP contribution in [0.25, 0.3) is 0 Å². The van der Waals surface area contributed by atoms with Crippen LogP contribution in [0, 0.1) is 13.8 Å². The summed E-state index contributed by atoms with van der Waals surface area (Å²) in [5, 5.41) is 0. The van der Waals surface area contributed by atoms with E-state index in [9.17, 15) is 14.4 Å². The number of carbonyl (C=O) groups excluding carboxylic acids is 3. The van der Waals surface area contributed by atoms with E-state index in [1.54, 1.807) is 40.5 Å². The van der Waals surface area contributed by atoms with E-state index >= 15 is 0 Å². The minimum absolute atomic E-state index is 0.0994. The minimum atomic E-state index is -0.544. The van der Waals surface area contributed by atoms with Crippen LogP contribution in [-0.4, -0.2) is 30.8 Å². The van der Waals surface area contributed by atoms with Crippen molar-refractivity contribution in [3.63, 3.8) is 0 Å². The lowest BCUT2D eigenvalue weighted by Gasteiger charge is -2.15. The maximum atomic E-state index is 12.2. The summed E-state index contributed by atoms with van der Waals surface area (Å²) in [5.74, 6) is -0.644. The molecule has 0 atom stereocenters. The summed E-state index contributed by atoms with van der Waals surface area (Å²) < 4.78 is 5.13. The second-order valence-electron chi connectivity index (χ2n) is 6.02. The van der Waals surface area contributed by atoms with Gasteiger partial charge in [-0.25, -0.2) is 4.79 Å². The maximum Gasteiger partial charge on any atom is 0.338 e. The molecule has 0 radical (unpaired) electrons. The molecule has 2 heterocycles. The Balaban J connectivity index is 1.60. The molecular formula is C19H19NO4S. The van der Waals surface area contributed by atoms with E-state index in [0.29, 0.717) is 24.1 Å². The Morgan fingerprint density at radius 2 is 1.92 bits per heavy atom. The molecule has 0 saturated carbocycles. The zero-order valence-corrected chi connectivity index (χ0v) is 15.0. The molecule has 1 aromatic carbocycles. The smallest absolute Gasteiger partial charge is 0.338 e. The normalized spacial score (nSPS) is 14.0. The summed E-state index contributed by atoms with van der Waals surface area (Å²) in [6.07, 6.45) is 1.42. The number of ketones is 1. The van der Waals surface area contributed by atoms with Crippen LogP contribution in [0.15, 0.2) is 30.3 Å². The fraction of sp³-hybridized carbons (Fsp3) is 0.316. The highest BCUT2D eigenvalue weighted by Gasteiger charge is 2.22. The van der Waals surface area contributed by atoms with Gasteiger partial charge >= 0.3 is 5.97 Å². The fourth-order valence-electron chi connectivity index (χ4n) is 2.90. The Kier molecular flexibility index (Phi) is 4.99. The van der Waals surface area contributed by atoms with Crippen molar-refractivity contribution in [1.29, 1.82) is 0 Å². The number of Topliss-reactive ketones (excluding diaryl/α,β-unsaturated/α-hetero) is 1. The Morgan fingerprint density at radius 3 is 2.48 bits per heavy atom. The summed E-state index contributed by atoms with van der Waals surface area (Å²) in [6, 6.07) is 8.52. The molecule has 1 aliphatic heterocycles. The van der Waals surface area contributed by atoms with Gasteiger partial charge in [-0.05, 0) is 50.6 Å². The molecule has 1 amide bonds.